The topological polar surface area (TPSA) is 57.5 Å². The molecule has 0 heterocycles. The van der Waals surface area contributed by atoms with Crippen LogP contribution in [0.2, 0.25) is 0 Å². The highest BCUT2D eigenvalue weighted by molar-refractivity contribution is 8.76. The van der Waals surface area contributed by atoms with Gasteiger partial charge in [0.1, 0.15) is 0 Å². The average Bonchev–Trinajstić information content (AvgIpc) is 1.88. The first kappa shape index (κ1) is 11.3. The second kappa shape index (κ2) is 5.03. The fourth-order valence-corrected chi connectivity index (χ4v) is 2.17. The van der Waals surface area contributed by atoms with Gasteiger partial charge < -0.3 is 10.2 Å². The number of ketones is 1. The van der Waals surface area contributed by atoms with Gasteiger partial charge in [0.15, 0.2) is 5.78 Å². The van der Waals surface area contributed by atoms with E-state index in [4.69, 9.17) is 10.2 Å². The van der Waals surface area contributed by atoms with Crippen molar-refractivity contribution in [1.29, 1.82) is 0 Å². The highest BCUT2D eigenvalue weighted by atomic mass is 33.1. The van der Waals surface area contributed by atoms with E-state index in [0.29, 0.717) is 0 Å². The largest absolute Gasteiger partial charge is 0.359 e. The molecule has 11 heavy (non-hydrogen) atoms. The lowest BCUT2D eigenvalue weighted by atomic mass is 10.2. The smallest absolute Gasteiger partial charge is 0.233 e. The number of aliphatic hydroxyl groups is 2. The van der Waals surface area contributed by atoms with E-state index in [1.54, 1.807) is 0 Å². The Hall–Kier alpha value is 0.290. The second-order valence-electron chi connectivity index (χ2n) is 2.04. The Labute approximate surface area is 74.0 Å². The van der Waals surface area contributed by atoms with Crippen molar-refractivity contribution in [3.05, 3.63) is 0 Å². The van der Waals surface area contributed by atoms with Gasteiger partial charge in [0.25, 0.3) is 0 Å². The molecule has 0 bridgehead atoms. The van der Waals surface area contributed by atoms with Gasteiger partial charge in [-0.3, -0.25) is 4.79 Å². The molecule has 0 atom stereocenters. The summed E-state index contributed by atoms with van der Waals surface area (Å²) in [6, 6.07) is 0. The van der Waals surface area contributed by atoms with E-state index in [1.165, 1.54) is 21.6 Å². The minimum Gasteiger partial charge on any atom is -0.359 e. The molecule has 0 amide bonds. The monoisotopic (exact) mass is 196 g/mol. The maximum absolute atomic E-state index is 10.5. The zero-order valence-electron chi connectivity index (χ0n) is 6.53. The van der Waals surface area contributed by atoms with E-state index in [9.17, 15) is 4.79 Å². The molecule has 0 aliphatic carbocycles. The van der Waals surface area contributed by atoms with Crippen LogP contribution in [0.15, 0.2) is 0 Å². The van der Waals surface area contributed by atoms with Crippen molar-refractivity contribution in [3.8, 4) is 0 Å². The number of carbonyl (C=O) groups excluding carboxylic acids is 1. The van der Waals surface area contributed by atoms with Crippen LogP contribution in [0.5, 0.6) is 0 Å². The van der Waals surface area contributed by atoms with Crippen molar-refractivity contribution in [2.24, 2.45) is 0 Å². The molecule has 0 saturated carbocycles. The van der Waals surface area contributed by atoms with Crippen LogP contribution in [0, 0.1) is 0 Å². The lowest BCUT2D eigenvalue weighted by molar-refractivity contribution is -0.171. The Bertz CT molecular complexity index is 136. The predicted molar refractivity (Wildman–Crippen MR) is 48.4 cm³/mol. The molecule has 0 aliphatic heterocycles. The molecule has 0 aromatic heterocycles. The van der Waals surface area contributed by atoms with Gasteiger partial charge in [-0.2, -0.15) is 0 Å². The molecule has 0 rings (SSSR count). The summed E-state index contributed by atoms with van der Waals surface area (Å²) in [6.07, 6.45) is 0. The molecule has 0 aliphatic rings. The molecule has 0 radical (unpaired) electrons. The first-order valence-electron chi connectivity index (χ1n) is 3.21. The minimum atomic E-state index is -2.15. The summed E-state index contributed by atoms with van der Waals surface area (Å²) in [6.45, 7) is 3.12. The molecule has 5 heteroatoms. The first-order valence-corrected chi connectivity index (χ1v) is 5.69. The Morgan fingerprint density at radius 1 is 1.45 bits per heavy atom. The molecule has 0 aromatic carbocycles. The third kappa shape index (κ3) is 4.68. The van der Waals surface area contributed by atoms with Crippen LogP contribution in [0.25, 0.3) is 0 Å². The van der Waals surface area contributed by atoms with Crippen molar-refractivity contribution in [1.82, 2.24) is 0 Å². The third-order valence-corrected chi connectivity index (χ3v) is 3.51. The molecular weight excluding hydrogens is 184 g/mol. The van der Waals surface area contributed by atoms with Crippen molar-refractivity contribution in [3.63, 3.8) is 0 Å². The van der Waals surface area contributed by atoms with Crippen LogP contribution in [0.3, 0.4) is 0 Å². The van der Waals surface area contributed by atoms with Crippen LogP contribution < -0.4 is 0 Å². The maximum atomic E-state index is 10.5. The lowest BCUT2D eigenvalue weighted by Crippen LogP contribution is -2.38. The van der Waals surface area contributed by atoms with Crippen molar-refractivity contribution in [2.75, 3.05) is 11.5 Å². The normalized spacial score (nSPS) is 11.6. The van der Waals surface area contributed by atoms with Gasteiger partial charge in [0.2, 0.25) is 5.79 Å². The first-order chi connectivity index (χ1) is 5.00. The number of rotatable bonds is 5. The van der Waals surface area contributed by atoms with Crippen molar-refractivity contribution >= 4 is 27.4 Å². The van der Waals surface area contributed by atoms with E-state index in [2.05, 4.69) is 0 Å². The van der Waals surface area contributed by atoms with Crippen molar-refractivity contribution in [2.45, 2.75) is 19.6 Å². The average molecular weight is 196 g/mol. The van der Waals surface area contributed by atoms with E-state index in [0.717, 1.165) is 12.7 Å². The molecule has 2 N–H and O–H groups in total. The Morgan fingerprint density at radius 2 is 2.00 bits per heavy atom. The minimum absolute atomic E-state index is 0.0286. The maximum Gasteiger partial charge on any atom is 0.233 e. The standard InChI is InChI=1S/C6H12O3S2/c1-3-10-11-4-6(8,9)5(2)7/h8-9H,3-4H2,1-2H3. The molecule has 66 valence electrons. The number of hydrogen-bond donors (Lipinski definition) is 2. The molecule has 0 unspecified atom stereocenters. The zero-order chi connectivity index (χ0) is 8.91. The summed E-state index contributed by atoms with van der Waals surface area (Å²) in [4.78, 5) is 10.5. The summed E-state index contributed by atoms with van der Waals surface area (Å²) < 4.78 is 0. The SMILES string of the molecule is CCSSCC(O)(O)C(C)=O. The number of Topliss-reactive ketones (excluding diaryl/α,β-unsaturated/α-hetero) is 1. The van der Waals surface area contributed by atoms with Gasteiger partial charge in [0.05, 0.1) is 5.75 Å². The van der Waals surface area contributed by atoms with Crippen LogP contribution in [0.1, 0.15) is 13.8 Å². The summed E-state index contributed by atoms with van der Waals surface area (Å²) in [5.41, 5.74) is 0. The molecule has 3 nitrogen and oxygen atoms in total. The number of hydrogen-bond acceptors (Lipinski definition) is 5. The fraction of sp³-hybridized carbons (Fsp3) is 0.833. The van der Waals surface area contributed by atoms with Gasteiger partial charge >= 0.3 is 0 Å². The highest BCUT2D eigenvalue weighted by Gasteiger charge is 2.28. The Balaban J connectivity index is 3.64. The van der Waals surface area contributed by atoms with Crippen LogP contribution in [0.4, 0.5) is 0 Å². The van der Waals surface area contributed by atoms with Gasteiger partial charge in [-0.05, 0) is 0 Å². The van der Waals surface area contributed by atoms with E-state index >= 15 is 0 Å². The lowest BCUT2D eigenvalue weighted by Gasteiger charge is -2.16. The molecule has 0 fully saturated rings. The van der Waals surface area contributed by atoms with E-state index in [-0.39, 0.29) is 5.75 Å². The quantitative estimate of drug-likeness (QED) is 0.384. The van der Waals surface area contributed by atoms with Crippen molar-refractivity contribution < 1.29 is 15.0 Å². The van der Waals surface area contributed by atoms with Gasteiger partial charge in [0, 0.05) is 12.7 Å². The van der Waals surface area contributed by atoms with E-state index < -0.39 is 11.6 Å². The van der Waals surface area contributed by atoms with Gasteiger partial charge in [-0.1, -0.05) is 28.5 Å². The molecule has 0 spiro atoms. The van der Waals surface area contributed by atoms with Crippen LogP contribution in [-0.4, -0.2) is 33.3 Å². The summed E-state index contributed by atoms with van der Waals surface area (Å²) in [5.74, 6) is -1.84. The highest BCUT2D eigenvalue weighted by Crippen LogP contribution is 2.24. The van der Waals surface area contributed by atoms with Crippen LogP contribution in [-0.2, 0) is 4.79 Å². The second-order valence-corrected chi connectivity index (χ2v) is 4.79. The van der Waals surface area contributed by atoms with Crippen LogP contribution >= 0.6 is 21.6 Å². The Morgan fingerprint density at radius 3 is 2.36 bits per heavy atom. The molecule has 0 saturated heterocycles. The summed E-state index contributed by atoms with van der Waals surface area (Å²) >= 11 is 0. The van der Waals surface area contributed by atoms with E-state index in [1.807, 2.05) is 6.92 Å². The van der Waals surface area contributed by atoms with Gasteiger partial charge in [-0.15, -0.1) is 0 Å². The predicted octanol–water partition coefficient (Wildman–Crippen LogP) is 0.658. The molecular formula is C6H12O3S2. The third-order valence-electron chi connectivity index (χ3n) is 1.03. The number of carbonyl (C=O) groups is 1. The summed E-state index contributed by atoms with van der Waals surface area (Å²) in [5, 5.41) is 18.0. The zero-order valence-corrected chi connectivity index (χ0v) is 8.17. The Kier molecular flexibility index (Phi) is 5.16. The molecule has 0 aromatic rings. The summed E-state index contributed by atoms with van der Waals surface area (Å²) in [7, 11) is 2.78. The van der Waals surface area contributed by atoms with Gasteiger partial charge in [-0.25, -0.2) is 0 Å². The fourth-order valence-electron chi connectivity index (χ4n) is 0.309.